The summed E-state index contributed by atoms with van der Waals surface area (Å²) in [5.41, 5.74) is 3.02. The highest BCUT2D eigenvalue weighted by Gasteiger charge is 2.47. The maximum atomic E-state index is 13.5. The van der Waals surface area contributed by atoms with Gasteiger partial charge >= 0.3 is 0 Å². The van der Waals surface area contributed by atoms with Gasteiger partial charge in [0, 0.05) is 48.6 Å². The normalized spacial score (nSPS) is 23.2. The zero-order chi connectivity index (χ0) is 27.9. The molecule has 0 unspecified atom stereocenters. The molecule has 11 heteroatoms. The van der Waals surface area contributed by atoms with Crippen LogP contribution in [-0.2, 0) is 14.6 Å². The summed E-state index contributed by atoms with van der Waals surface area (Å²) >= 11 is 7.82. The van der Waals surface area contributed by atoms with E-state index in [9.17, 15) is 18.5 Å². The molecule has 40 heavy (non-hydrogen) atoms. The van der Waals surface area contributed by atoms with Gasteiger partial charge < -0.3 is 10.2 Å². The number of aromatic nitrogens is 2. The number of nitriles is 1. The van der Waals surface area contributed by atoms with Gasteiger partial charge in [0.25, 0.3) is 0 Å². The van der Waals surface area contributed by atoms with Gasteiger partial charge in [-0.2, -0.15) is 5.26 Å². The molecule has 0 spiro atoms. The summed E-state index contributed by atoms with van der Waals surface area (Å²) in [6.07, 6.45) is 8.35. The molecule has 3 aromatic rings. The Morgan fingerprint density at radius 1 is 1.10 bits per heavy atom. The molecule has 3 heterocycles. The highest BCUT2D eigenvalue weighted by Crippen LogP contribution is 2.46. The minimum absolute atomic E-state index is 0.0518. The number of nitrogens with one attached hydrogen (secondary N) is 1. The van der Waals surface area contributed by atoms with Gasteiger partial charge in [0.2, 0.25) is 5.91 Å². The van der Waals surface area contributed by atoms with Gasteiger partial charge in [0.1, 0.15) is 10.5 Å². The molecular weight excluding hydrogens is 566 g/mol. The molecule has 2 aliphatic carbocycles. The Balaban J connectivity index is 1.35. The third-order valence-corrected chi connectivity index (χ3v) is 11.2. The Morgan fingerprint density at radius 3 is 2.50 bits per heavy atom. The first-order chi connectivity index (χ1) is 19.3. The van der Waals surface area contributed by atoms with Crippen LogP contribution in [0.1, 0.15) is 50.1 Å². The molecule has 3 fully saturated rings. The molecule has 1 N–H and O–H groups in total. The Bertz CT molecular complexity index is 1560. The minimum Gasteiger partial charge on any atom is -0.369 e. The first-order valence-electron chi connectivity index (χ1n) is 13.7. The fourth-order valence-electron chi connectivity index (χ4n) is 5.73. The number of nitrogens with zero attached hydrogens (tertiary/aromatic N) is 4. The number of thiazole rings is 1. The molecule has 2 saturated carbocycles. The van der Waals surface area contributed by atoms with Crippen LogP contribution in [-0.4, -0.2) is 54.4 Å². The third kappa shape index (κ3) is 5.60. The lowest BCUT2D eigenvalue weighted by atomic mass is 9.76. The van der Waals surface area contributed by atoms with Gasteiger partial charge in [-0.15, -0.1) is 11.3 Å². The summed E-state index contributed by atoms with van der Waals surface area (Å²) in [7, 11) is -2.95. The van der Waals surface area contributed by atoms with Crippen molar-refractivity contribution in [3.05, 3.63) is 53.4 Å². The summed E-state index contributed by atoms with van der Waals surface area (Å²) in [6, 6.07) is 12.3. The Labute approximate surface area is 243 Å². The van der Waals surface area contributed by atoms with Gasteiger partial charge in [-0.05, 0) is 49.4 Å². The molecule has 1 amide bonds. The van der Waals surface area contributed by atoms with Crippen molar-refractivity contribution in [2.24, 2.45) is 5.92 Å². The number of benzene rings is 1. The molecule has 0 radical (unpaired) electrons. The number of pyridine rings is 1. The first kappa shape index (κ1) is 27.2. The quantitative estimate of drug-likeness (QED) is 0.416. The number of anilines is 1. The van der Waals surface area contributed by atoms with Gasteiger partial charge in [0.05, 0.1) is 33.2 Å². The van der Waals surface area contributed by atoms with E-state index in [0.717, 1.165) is 58.1 Å². The standard InChI is InChI=1S/C29H30ClN5O3S2/c30-21-15-20(16-32-17-21)28-33-25(23-3-1-2-4-24(23)27(36)34-29(18-31)9-10-29)26(39-28)19-5-7-22(8-6-19)35-11-13-40(37,38)14-12-35/h5-8,15-17,23-24H,1-4,9-14H2,(H,34,36)/t23-,24-/m1/s1. The first-order valence-corrected chi connectivity index (χ1v) is 16.7. The van der Waals surface area contributed by atoms with E-state index in [0.29, 0.717) is 31.0 Å². The number of carbonyl (C=O) groups is 1. The highest BCUT2D eigenvalue weighted by molar-refractivity contribution is 7.91. The Morgan fingerprint density at radius 2 is 1.82 bits per heavy atom. The zero-order valence-corrected chi connectivity index (χ0v) is 24.4. The van der Waals surface area contributed by atoms with Crippen LogP contribution in [0.3, 0.4) is 0 Å². The van der Waals surface area contributed by atoms with E-state index in [-0.39, 0.29) is 29.2 Å². The largest absolute Gasteiger partial charge is 0.369 e. The van der Waals surface area contributed by atoms with Crippen molar-refractivity contribution >= 4 is 44.4 Å². The summed E-state index contributed by atoms with van der Waals surface area (Å²) < 4.78 is 23.8. The fourth-order valence-corrected chi connectivity index (χ4v) is 8.22. The SMILES string of the molecule is N#CC1(NC(=O)[C@@H]2CCCC[C@H]2c2nc(-c3cncc(Cl)c3)sc2-c2ccc(N3CCS(=O)(=O)CC3)cc2)CC1. The molecule has 6 rings (SSSR count). The molecule has 1 saturated heterocycles. The van der Waals surface area contributed by atoms with Crippen molar-refractivity contribution in [2.75, 3.05) is 29.5 Å². The number of sulfone groups is 1. The average molecular weight is 596 g/mol. The van der Waals surface area contributed by atoms with Crippen molar-refractivity contribution in [1.82, 2.24) is 15.3 Å². The van der Waals surface area contributed by atoms with E-state index in [1.165, 1.54) is 0 Å². The van der Waals surface area contributed by atoms with Crippen molar-refractivity contribution in [3.63, 3.8) is 0 Å². The molecular formula is C29H30ClN5O3S2. The lowest BCUT2D eigenvalue weighted by molar-refractivity contribution is -0.127. The van der Waals surface area contributed by atoms with Crippen LogP contribution < -0.4 is 10.2 Å². The second kappa shape index (κ2) is 10.8. The Hall–Kier alpha value is -3.00. The topological polar surface area (TPSA) is 116 Å². The molecule has 1 aliphatic heterocycles. The number of carbonyl (C=O) groups excluding carboxylic acids is 1. The van der Waals surface area contributed by atoms with Gasteiger partial charge in [0.15, 0.2) is 9.84 Å². The monoisotopic (exact) mass is 595 g/mol. The van der Waals surface area contributed by atoms with Crippen LogP contribution in [0.25, 0.3) is 21.0 Å². The second-order valence-corrected chi connectivity index (χ2v) is 14.7. The molecule has 8 nitrogen and oxygen atoms in total. The van der Waals surface area contributed by atoms with Crippen LogP contribution in [0.5, 0.6) is 0 Å². The number of hydrogen-bond donors (Lipinski definition) is 1. The molecule has 2 aromatic heterocycles. The highest BCUT2D eigenvalue weighted by atomic mass is 35.5. The lowest BCUT2D eigenvalue weighted by Crippen LogP contribution is -2.42. The average Bonchev–Trinajstić information content (AvgIpc) is 3.59. The number of halogens is 1. The Kier molecular flexibility index (Phi) is 7.32. The molecule has 3 aliphatic rings. The fraction of sp³-hybridized carbons (Fsp3) is 0.448. The van der Waals surface area contributed by atoms with E-state index in [4.69, 9.17) is 16.6 Å². The lowest BCUT2D eigenvalue weighted by Gasteiger charge is -2.31. The van der Waals surface area contributed by atoms with Crippen LogP contribution >= 0.6 is 22.9 Å². The van der Waals surface area contributed by atoms with E-state index >= 15 is 0 Å². The maximum Gasteiger partial charge on any atom is 0.225 e. The van der Waals surface area contributed by atoms with Gasteiger partial charge in [-0.3, -0.25) is 9.78 Å². The smallest absolute Gasteiger partial charge is 0.225 e. The molecule has 0 bridgehead atoms. The molecule has 2 atom stereocenters. The van der Waals surface area contributed by atoms with Crippen molar-refractivity contribution in [3.8, 4) is 27.1 Å². The zero-order valence-electron chi connectivity index (χ0n) is 22.0. The summed E-state index contributed by atoms with van der Waals surface area (Å²) in [6.45, 7) is 0.977. The van der Waals surface area contributed by atoms with Crippen LogP contribution in [0.15, 0.2) is 42.7 Å². The van der Waals surface area contributed by atoms with Crippen molar-refractivity contribution in [2.45, 2.75) is 50.0 Å². The van der Waals surface area contributed by atoms with E-state index < -0.39 is 15.4 Å². The van der Waals surface area contributed by atoms with Gasteiger partial charge in [-0.1, -0.05) is 36.6 Å². The maximum absolute atomic E-state index is 13.5. The van der Waals surface area contributed by atoms with Crippen LogP contribution in [0.2, 0.25) is 5.02 Å². The summed E-state index contributed by atoms with van der Waals surface area (Å²) in [5.74, 6) is -0.0295. The summed E-state index contributed by atoms with van der Waals surface area (Å²) in [5, 5.41) is 13.9. The van der Waals surface area contributed by atoms with Crippen molar-refractivity contribution < 1.29 is 13.2 Å². The molecule has 1 aromatic carbocycles. The van der Waals surface area contributed by atoms with Crippen LogP contribution in [0, 0.1) is 17.2 Å². The minimum atomic E-state index is -2.95. The number of rotatable bonds is 6. The number of amides is 1. The van der Waals surface area contributed by atoms with Gasteiger partial charge in [-0.25, -0.2) is 13.4 Å². The van der Waals surface area contributed by atoms with E-state index in [1.54, 1.807) is 23.7 Å². The predicted molar refractivity (Wildman–Crippen MR) is 157 cm³/mol. The predicted octanol–water partition coefficient (Wildman–Crippen LogP) is 5.21. The van der Waals surface area contributed by atoms with Crippen LogP contribution in [0.4, 0.5) is 5.69 Å². The van der Waals surface area contributed by atoms with E-state index in [2.05, 4.69) is 33.4 Å². The second-order valence-electron chi connectivity index (χ2n) is 11.0. The summed E-state index contributed by atoms with van der Waals surface area (Å²) in [4.78, 5) is 25.9. The molecule has 208 valence electrons. The van der Waals surface area contributed by atoms with Crippen molar-refractivity contribution in [1.29, 1.82) is 5.26 Å². The van der Waals surface area contributed by atoms with E-state index in [1.807, 2.05) is 18.2 Å². The number of hydrogen-bond acceptors (Lipinski definition) is 8. The third-order valence-electron chi connectivity index (χ3n) is 8.22.